The van der Waals surface area contributed by atoms with E-state index in [1.54, 1.807) is 19.2 Å². The lowest BCUT2D eigenvalue weighted by Gasteiger charge is -2.36. The van der Waals surface area contributed by atoms with Crippen molar-refractivity contribution in [3.63, 3.8) is 0 Å². The summed E-state index contributed by atoms with van der Waals surface area (Å²) in [6.07, 6.45) is 0.108. The number of ether oxygens (including phenoxy) is 1. The molecule has 4 rings (SSSR count). The van der Waals surface area contributed by atoms with Crippen molar-refractivity contribution in [2.75, 3.05) is 45.2 Å². The summed E-state index contributed by atoms with van der Waals surface area (Å²) in [6, 6.07) is 16.6. The predicted octanol–water partition coefficient (Wildman–Crippen LogP) is 2.54. The van der Waals surface area contributed by atoms with E-state index in [1.807, 2.05) is 6.07 Å². The Morgan fingerprint density at radius 1 is 1.19 bits per heavy atom. The molecule has 2 aliphatic rings. The summed E-state index contributed by atoms with van der Waals surface area (Å²) in [5.41, 5.74) is 1.72. The molecule has 2 aliphatic heterocycles. The average molecular weight is 553 g/mol. The molecular weight excluding hydrogens is 524 g/mol. The van der Waals surface area contributed by atoms with Gasteiger partial charge in [-0.25, -0.2) is 4.39 Å². The molecule has 2 heterocycles. The van der Waals surface area contributed by atoms with E-state index in [0.29, 0.717) is 18.3 Å². The van der Waals surface area contributed by atoms with Crippen LogP contribution in [0.15, 0.2) is 59.6 Å². The normalized spacial score (nSPS) is 20.9. The third kappa shape index (κ3) is 6.17. The highest BCUT2D eigenvalue weighted by Gasteiger charge is 2.41. The zero-order valence-electron chi connectivity index (χ0n) is 18.0. The molecule has 9 heteroatoms. The van der Waals surface area contributed by atoms with E-state index < -0.39 is 0 Å². The maximum Gasteiger partial charge on any atom is 0.243 e. The molecule has 0 aliphatic carbocycles. The Balaban J connectivity index is 0.00000289. The highest BCUT2D eigenvalue weighted by Crippen LogP contribution is 2.24. The average Bonchev–Trinajstić information content (AvgIpc) is 3.20. The second kappa shape index (κ2) is 11.6. The molecule has 2 aromatic carbocycles. The molecule has 2 fully saturated rings. The molecule has 2 unspecified atom stereocenters. The first-order chi connectivity index (χ1) is 15.1. The van der Waals surface area contributed by atoms with Crippen LogP contribution in [0.5, 0.6) is 0 Å². The second-order valence-corrected chi connectivity index (χ2v) is 7.80. The summed E-state index contributed by atoms with van der Waals surface area (Å²) in [5, 5.41) is 5.81. The highest BCUT2D eigenvalue weighted by atomic mass is 127. The molecule has 2 N–H and O–H groups in total. The monoisotopic (exact) mass is 553 g/mol. The van der Waals surface area contributed by atoms with Crippen molar-refractivity contribution < 1.29 is 13.9 Å². The van der Waals surface area contributed by atoms with E-state index in [9.17, 15) is 9.18 Å². The van der Waals surface area contributed by atoms with Gasteiger partial charge < -0.3 is 20.3 Å². The van der Waals surface area contributed by atoms with Gasteiger partial charge in [-0.3, -0.25) is 14.7 Å². The van der Waals surface area contributed by atoms with Gasteiger partial charge in [0.1, 0.15) is 5.82 Å². The van der Waals surface area contributed by atoms with Crippen molar-refractivity contribution >= 4 is 41.5 Å². The molecule has 2 atom stereocenters. The summed E-state index contributed by atoms with van der Waals surface area (Å²) >= 11 is 0. The van der Waals surface area contributed by atoms with Crippen LogP contribution in [0.4, 0.5) is 10.1 Å². The van der Waals surface area contributed by atoms with Gasteiger partial charge in [0.05, 0.1) is 25.3 Å². The van der Waals surface area contributed by atoms with Gasteiger partial charge in [-0.2, -0.15) is 0 Å². The van der Waals surface area contributed by atoms with Crippen molar-refractivity contribution in [2.45, 2.75) is 18.7 Å². The summed E-state index contributed by atoms with van der Waals surface area (Å²) in [4.78, 5) is 21.2. The van der Waals surface area contributed by atoms with Crippen LogP contribution in [0.1, 0.15) is 5.56 Å². The zero-order chi connectivity index (χ0) is 21.6. The smallest absolute Gasteiger partial charge is 0.243 e. The van der Waals surface area contributed by atoms with Crippen LogP contribution < -0.4 is 10.6 Å². The summed E-state index contributed by atoms with van der Waals surface area (Å²) < 4.78 is 19.3. The number of hydrogen-bond acceptors (Lipinski definition) is 4. The number of carbonyl (C=O) groups excluding carboxylic acids is 1. The van der Waals surface area contributed by atoms with E-state index in [4.69, 9.17) is 4.74 Å². The summed E-state index contributed by atoms with van der Waals surface area (Å²) in [5.74, 6) is 0.0127. The van der Waals surface area contributed by atoms with Gasteiger partial charge in [0.15, 0.2) is 5.96 Å². The number of hydrogen-bond donors (Lipinski definition) is 2. The van der Waals surface area contributed by atoms with Crippen LogP contribution in [-0.2, 0) is 16.1 Å². The molecule has 0 saturated carbocycles. The van der Waals surface area contributed by atoms with Crippen LogP contribution in [0.25, 0.3) is 0 Å². The predicted molar refractivity (Wildman–Crippen MR) is 134 cm³/mol. The van der Waals surface area contributed by atoms with E-state index >= 15 is 0 Å². The van der Waals surface area contributed by atoms with E-state index in [-0.39, 0.29) is 54.4 Å². The lowest BCUT2D eigenvalue weighted by Crippen LogP contribution is -2.50. The van der Waals surface area contributed by atoms with Crippen LogP contribution in [0.3, 0.4) is 0 Å². The molecule has 2 aromatic rings. The Bertz CT molecular complexity index is 930. The number of nitrogens with one attached hydrogen (secondary N) is 2. The Kier molecular flexibility index (Phi) is 8.83. The van der Waals surface area contributed by atoms with Crippen molar-refractivity contribution in [3.8, 4) is 0 Å². The quantitative estimate of drug-likeness (QED) is 0.339. The molecule has 2 saturated heterocycles. The zero-order valence-corrected chi connectivity index (χ0v) is 20.4. The van der Waals surface area contributed by atoms with Gasteiger partial charge in [0.2, 0.25) is 5.91 Å². The number of likely N-dealkylation sites (tertiary alicyclic amines) is 1. The number of morpholine rings is 1. The number of aliphatic imine (C=N–C) groups is 1. The minimum Gasteiger partial charge on any atom is -0.373 e. The molecule has 32 heavy (non-hydrogen) atoms. The number of nitrogens with zero attached hydrogens (tertiary/aromatic N) is 3. The molecule has 0 spiro atoms. The Hall–Kier alpha value is -2.24. The van der Waals surface area contributed by atoms with Crippen molar-refractivity contribution in [2.24, 2.45) is 4.99 Å². The Labute approximate surface area is 205 Å². The van der Waals surface area contributed by atoms with E-state index in [2.05, 4.69) is 49.7 Å². The van der Waals surface area contributed by atoms with Gasteiger partial charge in [0, 0.05) is 38.9 Å². The first-order valence-electron chi connectivity index (χ1n) is 10.5. The third-order valence-corrected chi connectivity index (χ3v) is 5.67. The maximum atomic E-state index is 13.3. The molecule has 1 amide bonds. The maximum absolute atomic E-state index is 13.3. The van der Waals surface area contributed by atoms with Crippen LogP contribution in [0, 0.1) is 5.82 Å². The standard InChI is InChI=1S/C23H28FN5O2.HI/c1-25-23(26-13-22(30)27-19-9-5-8-18(24)12-19)29-15-20-21(16-29)31-11-10-28(20)14-17-6-3-2-4-7-17;/h2-9,12,20-21H,10-11,13-16H2,1H3,(H,25,26)(H,27,30);1H. The molecule has 0 bridgehead atoms. The fraction of sp³-hybridized carbons (Fsp3) is 0.391. The summed E-state index contributed by atoms with van der Waals surface area (Å²) in [7, 11) is 1.71. The first kappa shape index (κ1) is 24.4. The van der Waals surface area contributed by atoms with Crippen molar-refractivity contribution in [3.05, 3.63) is 66.0 Å². The number of carbonyl (C=O) groups is 1. The second-order valence-electron chi connectivity index (χ2n) is 7.80. The van der Waals surface area contributed by atoms with Gasteiger partial charge >= 0.3 is 0 Å². The third-order valence-electron chi connectivity index (χ3n) is 5.67. The number of benzene rings is 2. The van der Waals surface area contributed by atoms with Crippen LogP contribution >= 0.6 is 24.0 Å². The fourth-order valence-electron chi connectivity index (χ4n) is 4.21. The van der Waals surface area contributed by atoms with Gasteiger partial charge in [-0.15, -0.1) is 24.0 Å². The fourth-order valence-corrected chi connectivity index (χ4v) is 4.21. The lowest BCUT2D eigenvalue weighted by molar-refractivity contribution is -0.115. The van der Waals surface area contributed by atoms with Gasteiger partial charge in [-0.1, -0.05) is 36.4 Å². The van der Waals surface area contributed by atoms with Gasteiger partial charge in [0.25, 0.3) is 0 Å². The topological polar surface area (TPSA) is 69.2 Å². The number of guanidine groups is 1. The number of fused-ring (bicyclic) bond motifs is 1. The molecule has 0 aromatic heterocycles. The summed E-state index contributed by atoms with van der Waals surface area (Å²) in [6.45, 7) is 4.05. The lowest BCUT2D eigenvalue weighted by atomic mass is 10.1. The number of rotatable bonds is 5. The number of anilines is 1. The van der Waals surface area contributed by atoms with Crippen LogP contribution in [0.2, 0.25) is 0 Å². The molecule has 172 valence electrons. The minimum absolute atomic E-state index is 0. The SMILES string of the molecule is CN=C(NCC(=O)Nc1cccc(F)c1)N1CC2OCCN(Cc3ccccc3)C2C1.I. The Morgan fingerprint density at radius 2 is 2.00 bits per heavy atom. The molecule has 7 nitrogen and oxygen atoms in total. The van der Waals surface area contributed by atoms with E-state index in [0.717, 1.165) is 26.2 Å². The minimum atomic E-state index is -0.388. The van der Waals surface area contributed by atoms with Crippen LogP contribution in [-0.4, -0.2) is 73.6 Å². The highest BCUT2D eigenvalue weighted by molar-refractivity contribution is 14.0. The number of halogens is 2. The Morgan fingerprint density at radius 3 is 2.75 bits per heavy atom. The molecular formula is C23H29FIN5O2. The van der Waals surface area contributed by atoms with Crippen molar-refractivity contribution in [1.82, 2.24) is 15.1 Å². The van der Waals surface area contributed by atoms with Crippen molar-refractivity contribution in [1.29, 1.82) is 0 Å². The number of amides is 1. The molecule has 0 radical (unpaired) electrons. The first-order valence-corrected chi connectivity index (χ1v) is 10.5. The largest absolute Gasteiger partial charge is 0.373 e. The van der Waals surface area contributed by atoms with E-state index in [1.165, 1.54) is 17.7 Å². The van der Waals surface area contributed by atoms with Gasteiger partial charge in [-0.05, 0) is 23.8 Å².